The third-order valence-electron chi connectivity index (χ3n) is 3.80. The molecule has 1 aliphatic rings. The molecule has 1 aliphatic heterocycles. The quantitative estimate of drug-likeness (QED) is 0.866. The number of fused-ring (bicyclic) bond motifs is 1. The Kier molecular flexibility index (Phi) is 2.95. The zero-order valence-electron chi connectivity index (χ0n) is 10.9. The summed E-state index contributed by atoms with van der Waals surface area (Å²) in [5.74, 6) is 0.0290. The lowest BCUT2D eigenvalue weighted by Crippen LogP contribution is -2.47. The van der Waals surface area contributed by atoms with Gasteiger partial charge in [-0.3, -0.25) is 9.78 Å². The minimum absolute atomic E-state index is 0.0290. The van der Waals surface area contributed by atoms with Crippen molar-refractivity contribution in [1.29, 1.82) is 0 Å². The van der Waals surface area contributed by atoms with Gasteiger partial charge in [0, 0.05) is 17.8 Å². The van der Waals surface area contributed by atoms with E-state index in [2.05, 4.69) is 15.6 Å². The van der Waals surface area contributed by atoms with Crippen molar-refractivity contribution in [1.82, 2.24) is 10.3 Å². The summed E-state index contributed by atoms with van der Waals surface area (Å²) in [6.07, 6.45) is 5.46. The number of amides is 1. The molecule has 4 nitrogen and oxygen atoms in total. The predicted molar refractivity (Wildman–Crippen MR) is 76.0 cm³/mol. The van der Waals surface area contributed by atoms with Gasteiger partial charge in [0.1, 0.15) is 0 Å². The fourth-order valence-electron chi connectivity index (χ4n) is 2.57. The van der Waals surface area contributed by atoms with Crippen LogP contribution in [0.4, 0.5) is 5.69 Å². The van der Waals surface area contributed by atoms with Crippen molar-refractivity contribution in [3.63, 3.8) is 0 Å². The van der Waals surface area contributed by atoms with E-state index in [0.717, 1.165) is 35.8 Å². The third kappa shape index (κ3) is 2.19. The second kappa shape index (κ2) is 4.63. The predicted octanol–water partition coefficient (Wildman–Crippen LogP) is 2.32. The summed E-state index contributed by atoms with van der Waals surface area (Å²) in [4.78, 5) is 16.5. The molecule has 1 aromatic heterocycles. The fraction of sp³-hybridized carbons (Fsp3) is 0.333. The number of carbonyl (C=O) groups excluding carboxylic acids is 1. The largest absolute Gasteiger partial charge is 0.324 e. The van der Waals surface area contributed by atoms with Crippen LogP contribution in [0.1, 0.15) is 19.8 Å². The van der Waals surface area contributed by atoms with E-state index in [-0.39, 0.29) is 5.91 Å². The van der Waals surface area contributed by atoms with Crippen LogP contribution >= 0.6 is 0 Å². The molecular formula is C15H17N3O. The molecule has 1 amide bonds. The number of aromatic nitrogens is 1. The molecule has 4 heteroatoms. The Labute approximate surface area is 112 Å². The third-order valence-corrected chi connectivity index (χ3v) is 3.80. The summed E-state index contributed by atoms with van der Waals surface area (Å²) < 4.78 is 0. The Balaban J connectivity index is 1.91. The van der Waals surface area contributed by atoms with Crippen LogP contribution < -0.4 is 10.6 Å². The summed E-state index contributed by atoms with van der Waals surface area (Å²) in [5.41, 5.74) is 0.371. The van der Waals surface area contributed by atoms with Crippen molar-refractivity contribution in [3.05, 3.63) is 36.7 Å². The van der Waals surface area contributed by atoms with Gasteiger partial charge in [-0.1, -0.05) is 12.1 Å². The van der Waals surface area contributed by atoms with Crippen LogP contribution in [0.3, 0.4) is 0 Å². The second-order valence-electron chi connectivity index (χ2n) is 5.22. The maximum atomic E-state index is 12.4. The van der Waals surface area contributed by atoms with Gasteiger partial charge < -0.3 is 10.6 Å². The van der Waals surface area contributed by atoms with Gasteiger partial charge in [0.15, 0.2) is 0 Å². The molecule has 1 aromatic carbocycles. The number of pyridine rings is 1. The van der Waals surface area contributed by atoms with Crippen molar-refractivity contribution in [2.45, 2.75) is 25.3 Å². The zero-order chi connectivity index (χ0) is 13.3. The van der Waals surface area contributed by atoms with Crippen molar-refractivity contribution < 1.29 is 4.79 Å². The number of nitrogens with one attached hydrogen (secondary N) is 2. The molecule has 19 heavy (non-hydrogen) atoms. The van der Waals surface area contributed by atoms with E-state index in [1.165, 1.54) is 0 Å². The van der Waals surface area contributed by atoms with Gasteiger partial charge in [0.25, 0.3) is 0 Å². The number of hydrogen-bond acceptors (Lipinski definition) is 3. The molecule has 1 fully saturated rings. The first-order valence-electron chi connectivity index (χ1n) is 6.58. The molecule has 2 heterocycles. The molecule has 98 valence electrons. The molecule has 2 N–H and O–H groups in total. The minimum atomic E-state index is -0.454. The first-order valence-corrected chi connectivity index (χ1v) is 6.58. The van der Waals surface area contributed by atoms with E-state index in [1.54, 1.807) is 12.4 Å². The Morgan fingerprint density at radius 1 is 1.42 bits per heavy atom. The highest BCUT2D eigenvalue weighted by molar-refractivity contribution is 6.05. The average molecular weight is 255 g/mol. The molecular weight excluding hydrogens is 238 g/mol. The van der Waals surface area contributed by atoms with Crippen LogP contribution in [0.5, 0.6) is 0 Å². The van der Waals surface area contributed by atoms with Gasteiger partial charge in [-0.25, -0.2) is 0 Å². The molecule has 1 saturated heterocycles. The highest BCUT2D eigenvalue weighted by Crippen LogP contribution is 2.25. The van der Waals surface area contributed by atoms with E-state index < -0.39 is 5.54 Å². The average Bonchev–Trinajstić information content (AvgIpc) is 2.87. The second-order valence-corrected chi connectivity index (χ2v) is 5.22. The van der Waals surface area contributed by atoms with Crippen molar-refractivity contribution >= 4 is 22.4 Å². The van der Waals surface area contributed by atoms with Crippen LogP contribution in [0.25, 0.3) is 10.8 Å². The van der Waals surface area contributed by atoms with Gasteiger partial charge >= 0.3 is 0 Å². The lowest BCUT2D eigenvalue weighted by atomic mass is 9.99. The van der Waals surface area contributed by atoms with Crippen molar-refractivity contribution in [2.75, 3.05) is 11.9 Å². The molecule has 2 aromatic rings. The zero-order valence-corrected chi connectivity index (χ0v) is 10.9. The summed E-state index contributed by atoms with van der Waals surface area (Å²) in [5, 5.41) is 8.35. The van der Waals surface area contributed by atoms with Crippen LogP contribution in [0.15, 0.2) is 36.7 Å². The maximum Gasteiger partial charge on any atom is 0.244 e. The maximum absolute atomic E-state index is 12.4. The van der Waals surface area contributed by atoms with Gasteiger partial charge in [-0.05, 0) is 43.8 Å². The molecule has 0 spiro atoms. The number of benzene rings is 1. The first kappa shape index (κ1) is 12.1. The summed E-state index contributed by atoms with van der Waals surface area (Å²) in [6.45, 7) is 2.86. The van der Waals surface area contributed by atoms with Crippen LogP contribution in [0, 0.1) is 0 Å². The van der Waals surface area contributed by atoms with E-state index >= 15 is 0 Å². The summed E-state index contributed by atoms with van der Waals surface area (Å²) in [6, 6.07) is 7.82. The molecule has 0 saturated carbocycles. The standard InChI is InChI=1S/C15H17N3O/c1-15(7-3-8-17-15)14(19)18-13-5-2-4-11-6-9-16-10-12(11)13/h2,4-6,9-10,17H,3,7-8H2,1H3,(H,18,19). The highest BCUT2D eigenvalue weighted by atomic mass is 16.2. The van der Waals surface area contributed by atoms with E-state index in [1.807, 2.05) is 31.2 Å². The van der Waals surface area contributed by atoms with Crippen molar-refractivity contribution in [2.24, 2.45) is 0 Å². The number of hydrogen-bond donors (Lipinski definition) is 2. The van der Waals surface area contributed by atoms with Gasteiger partial charge in [-0.2, -0.15) is 0 Å². The molecule has 1 unspecified atom stereocenters. The smallest absolute Gasteiger partial charge is 0.244 e. The Bertz CT molecular complexity index is 612. The molecule has 0 radical (unpaired) electrons. The lowest BCUT2D eigenvalue weighted by molar-refractivity contribution is -0.121. The van der Waals surface area contributed by atoms with E-state index in [4.69, 9.17) is 0 Å². The lowest BCUT2D eigenvalue weighted by Gasteiger charge is -2.23. The molecule has 3 rings (SSSR count). The summed E-state index contributed by atoms with van der Waals surface area (Å²) in [7, 11) is 0. The normalized spacial score (nSPS) is 22.6. The van der Waals surface area contributed by atoms with Gasteiger partial charge in [0.2, 0.25) is 5.91 Å². The molecule has 0 bridgehead atoms. The highest BCUT2D eigenvalue weighted by Gasteiger charge is 2.35. The molecule has 1 atom stereocenters. The Hall–Kier alpha value is -1.94. The number of nitrogens with zero attached hydrogens (tertiary/aromatic N) is 1. The number of carbonyl (C=O) groups is 1. The molecule has 0 aliphatic carbocycles. The van der Waals surface area contributed by atoms with Crippen LogP contribution in [-0.4, -0.2) is 23.0 Å². The topological polar surface area (TPSA) is 54.0 Å². The van der Waals surface area contributed by atoms with Gasteiger partial charge in [-0.15, -0.1) is 0 Å². The first-order chi connectivity index (χ1) is 9.19. The van der Waals surface area contributed by atoms with E-state index in [0.29, 0.717) is 0 Å². The van der Waals surface area contributed by atoms with Crippen LogP contribution in [0.2, 0.25) is 0 Å². The summed E-state index contributed by atoms with van der Waals surface area (Å²) >= 11 is 0. The van der Waals surface area contributed by atoms with Crippen molar-refractivity contribution in [3.8, 4) is 0 Å². The van der Waals surface area contributed by atoms with Gasteiger partial charge in [0.05, 0.1) is 11.2 Å². The Morgan fingerprint density at radius 2 is 2.32 bits per heavy atom. The number of anilines is 1. The Morgan fingerprint density at radius 3 is 3.11 bits per heavy atom. The number of rotatable bonds is 2. The van der Waals surface area contributed by atoms with Crippen LogP contribution in [-0.2, 0) is 4.79 Å². The van der Waals surface area contributed by atoms with E-state index in [9.17, 15) is 4.79 Å². The minimum Gasteiger partial charge on any atom is -0.324 e. The SMILES string of the molecule is CC1(C(=O)Nc2cccc3ccncc23)CCCN1. The fourth-order valence-corrected chi connectivity index (χ4v) is 2.57. The monoisotopic (exact) mass is 255 g/mol.